The van der Waals surface area contributed by atoms with Crippen LogP contribution in [-0.2, 0) is 35.6 Å². The second kappa shape index (κ2) is 7.87. The molecule has 0 amide bonds. The van der Waals surface area contributed by atoms with Crippen molar-refractivity contribution in [3.8, 4) is 0 Å². The molecule has 0 aliphatic carbocycles. The van der Waals surface area contributed by atoms with E-state index in [9.17, 15) is 49.7 Å². The molecule has 0 aromatic carbocycles. The molecule has 1 aromatic rings. The van der Waals surface area contributed by atoms with Crippen LogP contribution in [0, 0.1) is 0 Å². The van der Waals surface area contributed by atoms with E-state index < -0.39 is 59.4 Å². The number of aromatic nitrogens is 2. The van der Waals surface area contributed by atoms with Crippen LogP contribution in [-0.4, -0.2) is 32.4 Å². The van der Waals surface area contributed by atoms with Crippen molar-refractivity contribution in [3.05, 3.63) is 22.8 Å². The maximum atomic E-state index is 13.1. The first kappa shape index (κ1) is 24.9. The average Bonchev–Trinajstić information content (AvgIpc) is 2.33. The molecule has 26 heavy (non-hydrogen) atoms. The minimum Gasteiger partial charge on any atom is -0.393 e. The average molecular weight is 442 g/mol. The van der Waals surface area contributed by atoms with Crippen LogP contribution in [0.2, 0.25) is 0 Å². The van der Waals surface area contributed by atoms with Gasteiger partial charge in [-0.25, -0.2) is 9.97 Å². The SMILES string of the molecule is CC(O)C(c1c(C(F)(F)F)nc(C(F)(F)F)nc1C(F)(F)F)C(C)O.[Fe]. The van der Waals surface area contributed by atoms with Gasteiger partial charge in [0.1, 0.15) is 0 Å². The largest absolute Gasteiger partial charge is 0.451 e. The van der Waals surface area contributed by atoms with Crippen molar-refractivity contribution in [1.29, 1.82) is 0 Å². The van der Waals surface area contributed by atoms with E-state index in [-0.39, 0.29) is 17.1 Å². The molecule has 2 unspecified atom stereocenters. The molecule has 0 radical (unpaired) electrons. The van der Waals surface area contributed by atoms with Crippen LogP contribution in [0.3, 0.4) is 0 Å². The Labute approximate surface area is 150 Å². The monoisotopic (exact) mass is 442 g/mol. The van der Waals surface area contributed by atoms with Crippen LogP contribution in [0.5, 0.6) is 0 Å². The first-order chi connectivity index (χ1) is 11.0. The minimum atomic E-state index is -5.72. The van der Waals surface area contributed by atoms with Gasteiger partial charge in [0, 0.05) is 28.6 Å². The summed E-state index contributed by atoms with van der Waals surface area (Å²) in [5, 5.41) is 18.9. The molecule has 0 spiro atoms. The number of aliphatic hydroxyl groups is 2. The molecule has 0 saturated heterocycles. The van der Waals surface area contributed by atoms with E-state index in [2.05, 4.69) is 9.97 Å². The minimum absolute atomic E-state index is 0. The van der Waals surface area contributed by atoms with E-state index >= 15 is 0 Å². The van der Waals surface area contributed by atoms with Gasteiger partial charge in [-0.15, -0.1) is 0 Å². The standard InChI is InChI=1S/C12H11F9N2O2.Fe/c1-3(24)5(4(2)25)6-7(10(13,14)15)22-9(12(19,20)21)23-8(6)11(16,17)18;/h3-5,24-25H,1-2H3;. The molecule has 2 N–H and O–H groups in total. The molecule has 0 aliphatic rings. The first-order valence-corrected chi connectivity index (χ1v) is 6.47. The Kier molecular flexibility index (Phi) is 7.53. The summed E-state index contributed by atoms with van der Waals surface area (Å²) in [6.45, 7) is 1.55. The number of rotatable bonds is 3. The summed E-state index contributed by atoms with van der Waals surface area (Å²) in [7, 11) is 0. The molecule has 0 aliphatic heterocycles. The molecular weight excluding hydrogens is 431 g/mol. The number of alkyl halides is 9. The summed E-state index contributed by atoms with van der Waals surface area (Å²) in [5.41, 5.74) is -6.89. The quantitative estimate of drug-likeness (QED) is 0.557. The number of hydrogen-bond acceptors (Lipinski definition) is 4. The summed E-state index contributed by atoms with van der Waals surface area (Å²) in [6.07, 6.45) is -21.1. The predicted molar refractivity (Wildman–Crippen MR) is 63.1 cm³/mol. The number of aliphatic hydroxyl groups excluding tert-OH is 2. The molecule has 1 rings (SSSR count). The smallest absolute Gasteiger partial charge is 0.393 e. The van der Waals surface area contributed by atoms with Gasteiger partial charge in [0.25, 0.3) is 0 Å². The number of nitrogens with zero attached hydrogens (tertiary/aromatic N) is 2. The van der Waals surface area contributed by atoms with Crippen molar-refractivity contribution in [2.45, 2.75) is 50.5 Å². The molecule has 1 aromatic heterocycles. The third kappa shape index (κ3) is 5.44. The molecule has 2 atom stereocenters. The third-order valence-electron chi connectivity index (χ3n) is 3.11. The van der Waals surface area contributed by atoms with E-state index in [4.69, 9.17) is 0 Å². The van der Waals surface area contributed by atoms with Gasteiger partial charge in [-0.3, -0.25) is 0 Å². The van der Waals surface area contributed by atoms with Crippen LogP contribution in [0.15, 0.2) is 0 Å². The molecule has 1 heterocycles. The van der Waals surface area contributed by atoms with E-state index in [1.54, 1.807) is 0 Å². The summed E-state index contributed by atoms with van der Waals surface area (Å²) >= 11 is 0. The van der Waals surface area contributed by atoms with Gasteiger partial charge in [-0.1, -0.05) is 0 Å². The van der Waals surface area contributed by atoms with Crippen LogP contribution in [0.4, 0.5) is 39.5 Å². The molecule has 0 saturated carbocycles. The molecule has 0 fully saturated rings. The van der Waals surface area contributed by atoms with E-state index in [0.29, 0.717) is 0 Å². The van der Waals surface area contributed by atoms with Crippen molar-refractivity contribution in [2.24, 2.45) is 0 Å². The Morgan fingerprint density at radius 2 is 1.00 bits per heavy atom. The number of hydrogen-bond donors (Lipinski definition) is 2. The molecule has 0 bridgehead atoms. The third-order valence-corrected chi connectivity index (χ3v) is 3.11. The Hall–Kier alpha value is -1.11. The fourth-order valence-corrected chi connectivity index (χ4v) is 2.23. The van der Waals surface area contributed by atoms with Crippen LogP contribution < -0.4 is 0 Å². The van der Waals surface area contributed by atoms with E-state index in [1.807, 2.05) is 0 Å². The van der Waals surface area contributed by atoms with Crippen LogP contribution >= 0.6 is 0 Å². The summed E-state index contributed by atoms with van der Waals surface area (Å²) in [6, 6.07) is 0. The van der Waals surface area contributed by atoms with Crippen LogP contribution in [0.25, 0.3) is 0 Å². The van der Waals surface area contributed by atoms with Crippen molar-refractivity contribution >= 4 is 0 Å². The maximum Gasteiger partial charge on any atom is 0.451 e. The van der Waals surface area contributed by atoms with Crippen molar-refractivity contribution in [1.82, 2.24) is 9.97 Å². The van der Waals surface area contributed by atoms with Crippen molar-refractivity contribution in [2.75, 3.05) is 0 Å². The molecule has 152 valence electrons. The predicted octanol–water partition coefficient (Wildman–Crippen LogP) is 3.38. The summed E-state index contributed by atoms with van der Waals surface area (Å²) in [4.78, 5) is 4.38. The second-order valence-corrected chi connectivity index (χ2v) is 5.16. The Morgan fingerprint density at radius 3 is 1.19 bits per heavy atom. The van der Waals surface area contributed by atoms with Gasteiger partial charge in [-0.2, -0.15) is 39.5 Å². The normalized spacial score (nSPS) is 16.7. The fraction of sp³-hybridized carbons (Fsp3) is 0.667. The van der Waals surface area contributed by atoms with Crippen molar-refractivity contribution in [3.63, 3.8) is 0 Å². The maximum absolute atomic E-state index is 13.1. The van der Waals surface area contributed by atoms with Gasteiger partial charge in [-0.05, 0) is 13.8 Å². The van der Waals surface area contributed by atoms with Gasteiger partial charge in [0.15, 0.2) is 11.4 Å². The van der Waals surface area contributed by atoms with Gasteiger partial charge >= 0.3 is 18.5 Å². The Balaban J connectivity index is 0.00000625. The number of halogens is 9. The van der Waals surface area contributed by atoms with Crippen molar-refractivity contribution < 1.29 is 66.8 Å². The Bertz CT molecular complexity index is 584. The van der Waals surface area contributed by atoms with Gasteiger partial charge in [0.2, 0.25) is 5.82 Å². The molecule has 14 heteroatoms. The zero-order chi connectivity index (χ0) is 20.0. The second-order valence-electron chi connectivity index (χ2n) is 5.16. The molecular formula is C12H11F9FeN2O2. The van der Waals surface area contributed by atoms with Gasteiger partial charge in [0.05, 0.1) is 12.2 Å². The first-order valence-electron chi connectivity index (χ1n) is 6.47. The van der Waals surface area contributed by atoms with E-state index in [1.165, 1.54) is 0 Å². The Morgan fingerprint density at radius 1 is 0.692 bits per heavy atom. The topological polar surface area (TPSA) is 66.2 Å². The summed E-state index contributed by atoms with van der Waals surface area (Å²) in [5.74, 6) is -4.86. The molecule has 4 nitrogen and oxygen atoms in total. The zero-order valence-corrected chi connectivity index (χ0v) is 13.9. The van der Waals surface area contributed by atoms with Crippen LogP contribution in [0.1, 0.15) is 42.5 Å². The summed E-state index contributed by atoms with van der Waals surface area (Å²) < 4.78 is 116. The van der Waals surface area contributed by atoms with E-state index in [0.717, 1.165) is 13.8 Å². The zero-order valence-electron chi connectivity index (χ0n) is 12.8. The van der Waals surface area contributed by atoms with Gasteiger partial charge < -0.3 is 10.2 Å². The fourth-order valence-electron chi connectivity index (χ4n) is 2.23.